The summed E-state index contributed by atoms with van der Waals surface area (Å²) in [7, 11) is 0. The van der Waals surface area contributed by atoms with Gasteiger partial charge in [-0.2, -0.15) is 0 Å². The van der Waals surface area contributed by atoms with E-state index in [1.54, 1.807) is 23.5 Å². The molecule has 3 rings (SSSR count). The van der Waals surface area contributed by atoms with Gasteiger partial charge >= 0.3 is 0 Å². The van der Waals surface area contributed by atoms with Gasteiger partial charge in [0, 0.05) is 46.7 Å². The largest absolute Gasteiger partial charge is 0.379 e. The smallest absolute Gasteiger partial charge is 0.244 e. The number of nitrogens with one attached hydrogen (secondary N) is 1. The van der Waals surface area contributed by atoms with Crippen molar-refractivity contribution in [1.29, 1.82) is 0 Å². The van der Waals surface area contributed by atoms with Gasteiger partial charge in [0.05, 0.1) is 18.2 Å². The van der Waals surface area contributed by atoms with Gasteiger partial charge in [-0.1, -0.05) is 29.8 Å². The summed E-state index contributed by atoms with van der Waals surface area (Å²) in [6.45, 7) is 6.13. The second-order valence-corrected chi connectivity index (χ2v) is 7.31. The molecule has 0 aliphatic carbocycles. The first-order valence-electron chi connectivity index (χ1n) is 8.10. The zero-order valence-corrected chi connectivity index (χ0v) is 15.2. The highest BCUT2D eigenvalue weighted by atomic mass is 35.5. The Hall–Kier alpha value is -1.40. The molecule has 2 heterocycles. The van der Waals surface area contributed by atoms with Crippen molar-refractivity contribution in [3.05, 3.63) is 40.2 Å². The van der Waals surface area contributed by atoms with Crippen molar-refractivity contribution in [3.63, 3.8) is 0 Å². The molecular formula is C18H21ClN2O2S. The summed E-state index contributed by atoms with van der Waals surface area (Å²) in [6, 6.07) is 8.29. The van der Waals surface area contributed by atoms with Crippen LogP contribution in [0.2, 0.25) is 5.02 Å². The molecule has 1 N–H and O–H groups in total. The van der Waals surface area contributed by atoms with E-state index in [9.17, 15) is 4.79 Å². The van der Waals surface area contributed by atoms with Gasteiger partial charge in [-0.15, -0.1) is 11.3 Å². The number of amides is 1. The number of nitrogens with zero attached hydrogens (tertiary/aromatic N) is 1. The van der Waals surface area contributed by atoms with Crippen LogP contribution in [0.4, 0.5) is 0 Å². The maximum Gasteiger partial charge on any atom is 0.244 e. The average molecular weight is 365 g/mol. The van der Waals surface area contributed by atoms with E-state index in [1.807, 2.05) is 24.3 Å². The van der Waals surface area contributed by atoms with Crippen LogP contribution in [0.1, 0.15) is 11.8 Å². The Labute approximate surface area is 151 Å². The number of carbonyl (C=O) groups excluding carboxylic acids is 1. The van der Waals surface area contributed by atoms with Crippen LogP contribution in [0.25, 0.3) is 16.2 Å². The summed E-state index contributed by atoms with van der Waals surface area (Å²) in [6.07, 6.45) is 3.35. The van der Waals surface area contributed by atoms with Crippen LogP contribution in [-0.2, 0) is 9.53 Å². The Bertz CT molecular complexity index is 738. The quantitative estimate of drug-likeness (QED) is 0.827. The number of thiophene rings is 1. The van der Waals surface area contributed by atoms with E-state index in [1.165, 1.54) is 0 Å². The number of hydrogen-bond donors (Lipinski definition) is 1. The van der Waals surface area contributed by atoms with Crippen LogP contribution in [0, 0.1) is 0 Å². The molecule has 1 aromatic heterocycles. The van der Waals surface area contributed by atoms with E-state index in [4.69, 9.17) is 16.3 Å². The van der Waals surface area contributed by atoms with E-state index in [0.29, 0.717) is 17.6 Å². The van der Waals surface area contributed by atoms with Crippen molar-refractivity contribution in [1.82, 2.24) is 10.2 Å². The van der Waals surface area contributed by atoms with Gasteiger partial charge in [-0.25, -0.2) is 0 Å². The van der Waals surface area contributed by atoms with Crippen molar-refractivity contribution in [3.8, 4) is 0 Å². The molecular weight excluding hydrogens is 344 g/mol. The summed E-state index contributed by atoms with van der Waals surface area (Å²) < 4.78 is 6.48. The van der Waals surface area contributed by atoms with Crippen LogP contribution in [0.3, 0.4) is 0 Å². The lowest BCUT2D eigenvalue weighted by Gasteiger charge is -2.32. The summed E-state index contributed by atoms with van der Waals surface area (Å²) in [5.74, 6) is -0.0939. The van der Waals surface area contributed by atoms with Gasteiger partial charge in [-0.05, 0) is 19.1 Å². The third-order valence-electron chi connectivity index (χ3n) is 4.19. The maximum absolute atomic E-state index is 12.1. The number of fused-ring (bicyclic) bond motifs is 1. The summed E-state index contributed by atoms with van der Waals surface area (Å²) >= 11 is 7.97. The van der Waals surface area contributed by atoms with E-state index in [-0.39, 0.29) is 5.91 Å². The third-order valence-corrected chi connectivity index (χ3v) is 5.84. The fourth-order valence-corrected chi connectivity index (χ4v) is 4.14. The fourth-order valence-electron chi connectivity index (χ4n) is 2.75. The Kier molecular flexibility index (Phi) is 5.89. The molecule has 0 radical (unpaired) electrons. The molecule has 0 spiro atoms. The van der Waals surface area contributed by atoms with Crippen molar-refractivity contribution in [2.24, 2.45) is 0 Å². The number of ether oxygens (including phenoxy) is 1. The Morgan fingerprint density at radius 2 is 2.17 bits per heavy atom. The fraction of sp³-hybridized carbons (Fsp3) is 0.389. The molecule has 0 saturated carbocycles. The van der Waals surface area contributed by atoms with Gasteiger partial charge in [0.15, 0.2) is 0 Å². The number of carbonyl (C=O) groups is 1. The number of benzene rings is 1. The highest BCUT2D eigenvalue weighted by Gasteiger charge is 2.17. The Balaban J connectivity index is 1.55. The van der Waals surface area contributed by atoms with E-state index >= 15 is 0 Å². The molecule has 2 aromatic rings. The minimum atomic E-state index is -0.0939. The molecule has 1 unspecified atom stereocenters. The summed E-state index contributed by atoms with van der Waals surface area (Å²) in [5.41, 5.74) is 0. The topological polar surface area (TPSA) is 41.6 Å². The molecule has 1 atom stereocenters. The normalized spacial score (nSPS) is 17.4. The van der Waals surface area contributed by atoms with Crippen LogP contribution in [-0.4, -0.2) is 49.7 Å². The Morgan fingerprint density at radius 1 is 1.42 bits per heavy atom. The van der Waals surface area contributed by atoms with Crippen molar-refractivity contribution >= 4 is 45.0 Å². The van der Waals surface area contributed by atoms with Gasteiger partial charge in [0.2, 0.25) is 5.91 Å². The minimum Gasteiger partial charge on any atom is -0.379 e. The van der Waals surface area contributed by atoms with Crippen molar-refractivity contribution < 1.29 is 9.53 Å². The van der Waals surface area contributed by atoms with Gasteiger partial charge in [0.25, 0.3) is 0 Å². The maximum atomic E-state index is 12.1. The molecule has 1 aliphatic rings. The lowest BCUT2D eigenvalue weighted by Crippen LogP contribution is -2.47. The molecule has 1 aliphatic heterocycles. The molecule has 1 amide bonds. The first-order valence-corrected chi connectivity index (χ1v) is 9.29. The highest BCUT2D eigenvalue weighted by Crippen LogP contribution is 2.35. The predicted molar refractivity (Wildman–Crippen MR) is 101 cm³/mol. The molecule has 1 aromatic carbocycles. The van der Waals surface area contributed by atoms with E-state index < -0.39 is 0 Å². The standard InChI is InChI=1S/C18H21ClN2O2S/c1-13(21-8-10-23-11-9-21)12-20-17(22)7-6-16-18(19)14-4-2-3-5-15(14)24-16/h2-7,13H,8-12H2,1H3,(H,20,22)/b7-6+. The monoisotopic (exact) mass is 364 g/mol. The number of rotatable bonds is 5. The third kappa shape index (κ3) is 4.16. The molecule has 1 fully saturated rings. The molecule has 0 bridgehead atoms. The SMILES string of the molecule is CC(CNC(=O)/C=C/c1sc2ccccc2c1Cl)N1CCOCC1. The van der Waals surface area contributed by atoms with Gasteiger partial charge < -0.3 is 10.1 Å². The average Bonchev–Trinajstić information content (AvgIpc) is 2.95. The lowest BCUT2D eigenvalue weighted by molar-refractivity contribution is -0.116. The highest BCUT2D eigenvalue weighted by molar-refractivity contribution is 7.20. The number of hydrogen-bond acceptors (Lipinski definition) is 4. The Morgan fingerprint density at radius 3 is 2.92 bits per heavy atom. The predicted octanol–water partition coefficient (Wildman–Crippen LogP) is 3.40. The summed E-state index contributed by atoms with van der Waals surface area (Å²) in [4.78, 5) is 15.3. The van der Waals surface area contributed by atoms with Gasteiger partial charge in [0.1, 0.15) is 0 Å². The van der Waals surface area contributed by atoms with Crippen LogP contribution >= 0.6 is 22.9 Å². The zero-order valence-electron chi connectivity index (χ0n) is 13.6. The zero-order chi connectivity index (χ0) is 16.9. The van der Waals surface area contributed by atoms with Crippen molar-refractivity contribution in [2.45, 2.75) is 13.0 Å². The van der Waals surface area contributed by atoms with E-state index in [2.05, 4.69) is 17.1 Å². The molecule has 4 nitrogen and oxygen atoms in total. The second kappa shape index (κ2) is 8.12. The second-order valence-electron chi connectivity index (χ2n) is 5.85. The molecule has 6 heteroatoms. The lowest BCUT2D eigenvalue weighted by atomic mass is 10.2. The minimum absolute atomic E-state index is 0.0939. The van der Waals surface area contributed by atoms with Gasteiger partial charge in [-0.3, -0.25) is 9.69 Å². The first-order chi connectivity index (χ1) is 11.6. The number of halogens is 1. The molecule has 24 heavy (non-hydrogen) atoms. The number of morpholine rings is 1. The van der Waals surface area contributed by atoms with Crippen LogP contribution in [0.15, 0.2) is 30.3 Å². The first kappa shape index (κ1) is 17.4. The molecule has 1 saturated heterocycles. The molecule has 128 valence electrons. The van der Waals surface area contributed by atoms with Crippen molar-refractivity contribution in [2.75, 3.05) is 32.8 Å². The van der Waals surface area contributed by atoms with E-state index in [0.717, 1.165) is 41.3 Å². The summed E-state index contributed by atoms with van der Waals surface area (Å²) in [5, 5.41) is 4.70. The van der Waals surface area contributed by atoms with Crippen LogP contribution < -0.4 is 5.32 Å². The van der Waals surface area contributed by atoms with Crippen LogP contribution in [0.5, 0.6) is 0 Å².